The summed E-state index contributed by atoms with van der Waals surface area (Å²) in [7, 11) is 0. The van der Waals surface area contributed by atoms with Crippen molar-refractivity contribution in [3.8, 4) is 0 Å². The van der Waals surface area contributed by atoms with E-state index in [0.29, 0.717) is 0 Å². The van der Waals surface area contributed by atoms with Crippen LogP contribution in [0.25, 0.3) is 10.4 Å². The number of azide groups is 1. The van der Waals surface area contributed by atoms with E-state index in [4.69, 9.17) is 16.0 Å². The molecule has 0 aromatic carbocycles. The van der Waals surface area contributed by atoms with Gasteiger partial charge < -0.3 is 5.11 Å². The van der Waals surface area contributed by atoms with Gasteiger partial charge in [-0.1, -0.05) is 5.11 Å². The van der Waals surface area contributed by atoms with Crippen LogP contribution in [0.1, 0.15) is 6.42 Å². The molecule has 0 heterocycles. The highest BCUT2D eigenvalue weighted by Crippen LogP contribution is 2.00. The van der Waals surface area contributed by atoms with E-state index in [1.807, 2.05) is 0 Å². The molecule has 0 unspecified atom stereocenters. The van der Waals surface area contributed by atoms with Crippen molar-refractivity contribution in [2.75, 3.05) is 6.67 Å². The zero-order valence-electron chi connectivity index (χ0n) is 6.07. The van der Waals surface area contributed by atoms with Crippen molar-refractivity contribution in [3.05, 3.63) is 10.4 Å². The Morgan fingerprint density at radius 1 is 1.83 bits per heavy atom. The van der Waals surface area contributed by atoms with E-state index >= 15 is 0 Å². The lowest BCUT2D eigenvalue weighted by molar-refractivity contribution is -0.129. The molecule has 12 heavy (non-hydrogen) atoms. The van der Waals surface area contributed by atoms with Gasteiger partial charge in [-0.15, -0.1) is 0 Å². The van der Waals surface area contributed by atoms with E-state index < -0.39 is 24.4 Å². The number of hydrogen-bond acceptors (Lipinski definition) is 3. The maximum absolute atomic E-state index is 11.9. The molecule has 0 fully saturated rings. The van der Waals surface area contributed by atoms with Crippen LogP contribution >= 0.6 is 0 Å². The highest BCUT2D eigenvalue weighted by atomic mass is 19.1. The highest BCUT2D eigenvalue weighted by molar-refractivity contribution is 6.34. The molecule has 0 bridgehead atoms. The summed E-state index contributed by atoms with van der Waals surface area (Å²) >= 11 is 0. The van der Waals surface area contributed by atoms with Crippen molar-refractivity contribution in [1.29, 1.82) is 5.41 Å². The summed E-state index contributed by atoms with van der Waals surface area (Å²) in [5.41, 5.74) is 7.23. The average Bonchev–Trinajstić information content (AvgIpc) is 2.03. The highest BCUT2D eigenvalue weighted by Gasteiger charge is 2.13. The van der Waals surface area contributed by atoms with Crippen LogP contribution in [0.5, 0.6) is 0 Å². The zero-order chi connectivity index (χ0) is 9.56. The fourth-order valence-corrected chi connectivity index (χ4v) is 0.522. The predicted octanol–water partition coefficient (Wildman–Crippen LogP) is 1.13. The summed E-state index contributed by atoms with van der Waals surface area (Å²) in [5.74, 6) is -1.43. The average molecular weight is 174 g/mol. The van der Waals surface area contributed by atoms with Crippen LogP contribution in [0, 0.1) is 5.41 Å². The molecule has 0 spiro atoms. The molecule has 0 saturated carbocycles. The van der Waals surface area contributed by atoms with Crippen molar-refractivity contribution in [2.45, 2.75) is 12.5 Å². The minimum absolute atomic E-state index is 0.379. The summed E-state index contributed by atoms with van der Waals surface area (Å²) in [5, 5.41) is 18.0. The summed E-state index contributed by atoms with van der Waals surface area (Å²) in [4.78, 5) is 12.4. The third kappa shape index (κ3) is 3.52. The second-order valence-corrected chi connectivity index (χ2v) is 2.00. The molecule has 0 aromatic heterocycles. The van der Waals surface area contributed by atoms with Crippen molar-refractivity contribution in [3.63, 3.8) is 0 Å². The van der Waals surface area contributed by atoms with E-state index in [2.05, 4.69) is 10.0 Å². The van der Waals surface area contributed by atoms with Crippen molar-refractivity contribution < 1.29 is 14.3 Å². The standard InChI is InChI=1S/C5H7FN4O2/c6-2-3(9-10-8)1-4(7)5(11)12/h3,7H,1-2H2,(H,11,12)/t3-/m0/s1. The number of hydrogen-bond donors (Lipinski definition) is 2. The molecule has 66 valence electrons. The molecule has 0 aromatic rings. The van der Waals surface area contributed by atoms with E-state index in [9.17, 15) is 9.18 Å². The minimum Gasteiger partial charge on any atom is -0.477 e. The number of aliphatic carboxylic acids is 1. The number of carbonyl (C=O) groups is 1. The third-order valence-corrected chi connectivity index (χ3v) is 1.09. The van der Waals surface area contributed by atoms with Crippen molar-refractivity contribution in [1.82, 2.24) is 0 Å². The Bertz CT molecular complexity index is 236. The Morgan fingerprint density at radius 2 is 2.42 bits per heavy atom. The van der Waals surface area contributed by atoms with Gasteiger partial charge in [0, 0.05) is 11.3 Å². The lowest BCUT2D eigenvalue weighted by Gasteiger charge is -2.02. The van der Waals surface area contributed by atoms with Crippen molar-refractivity contribution in [2.24, 2.45) is 5.11 Å². The number of nitrogens with one attached hydrogen (secondary N) is 1. The Kier molecular flexibility index (Phi) is 4.40. The maximum atomic E-state index is 11.9. The quantitative estimate of drug-likeness (QED) is 0.282. The molecular weight excluding hydrogens is 167 g/mol. The zero-order valence-corrected chi connectivity index (χ0v) is 6.07. The molecular formula is C5H7FN4O2. The van der Waals surface area contributed by atoms with E-state index in [0.717, 1.165) is 0 Å². The topological polar surface area (TPSA) is 110 Å². The van der Waals surface area contributed by atoms with Gasteiger partial charge in [-0.2, -0.15) is 0 Å². The summed E-state index contributed by atoms with van der Waals surface area (Å²) in [6, 6.07) is -1.08. The van der Waals surface area contributed by atoms with E-state index in [1.165, 1.54) is 0 Å². The third-order valence-electron chi connectivity index (χ3n) is 1.09. The van der Waals surface area contributed by atoms with Crippen molar-refractivity contribution >= 4 is 11.7 Å². The number of rotatable bonds is 5. The summed E-state index contributed by atoms with van der Waals surface area (Å²) in [6.07, 6.45) is -0.379. The molecule has 7 heteroatoms. The predicted molar refractivity (Wildman–Crippen MR) is 38.9 cm³/mol. The second-order valence-electron chi connectivity index (χ2n) is 2.00. The summed E-state index contributed by atoms with van der Waals surface area (Å²) in [6.45, 7) is -0.959. The van der Waals surface area contributed by atoms with Gasteiger partial charge in [0.1, 0.15) is 5.71 Å². The Balaban J connectivity index is 4.11. The van der Waals surface area contributed by atoms with Crippen LogP contribution in [0.2, 0.25) is 0 Å². The summed E-state index contributed by atoms with van der Waals surface area (Å²) < 4.78 is 11.9. The van der Waals surface area contributed by atoms with Gasteiger partial charge in [0.25, 0.3) is 0 Å². The lowest BCUT2D eigenvalue weighted by Crippen LogP contribution is -2.19. The van der Waals surface area contributed by atoms with Crippen LogP contribution in [0.4, 0.5) is 4.39 Å². The normalized spacial score (nSPS) is 11.4. The SMILES string of the molecule is [N-]=[N+]=N[C@H](CF)CC(=N)C(=O)O. The minimum atomic E-state index is -1.43. The first-order chi connectivity index (χ1) is 5.61. The molecule has 6 nitrogen and oxygen atoms in total. The fraction of sp³-hybridized carbons (Fsp3) is 0.600. The Morgan fingerprint density at radius 3 is 2.75 bits per heavy atom. The van der Waals surface area contributed by atoms with Gasteiger partial charge in [-0.05, 0) is 5.53 Å². The number of alkyl halides is 1. The van der Waals surface area contributed by atoms with Crippen LogP contribution in [-0.4, -0.2) is 29.5 Å². The Hall–Kier alpha value is -1.62. The second kappa shape index (κ2) is 5.09. The molecule has 0 amide bonds. The number of carboxylic acids is 1. The molecule has 0 rings (SSSR count). The molecule has 2 N–H and O–H groups in total. The van der Waals surface area contributed by atoms with Gasteiger partial charge in [0.2, 0.25) is 0 Å². The smallest absolute Gasteiger partial charge is 0.349 e. The van der Waals surface area contributed by atoms with Gasteiger partial charge in [-0.3, -0.25) is 9.80 Å². The van der Waals surface area contributed by atoms with Gasteiger partial charge in [0.15, 0.2) is 0 Å². The van der Waals surface area contributed by atoms with Crippen LogP contribution < -0.4 is 0 Å². The lowest BCUT2D eigenvalue weighted by atomic mass is 10.1. The van der Waals surface area contributed by atoms with Crippen LogP contribution in [0.3, 0.4) is 0 Å². The molecule has 1 atom stereocenters. The first-order valence-corrected chi connectivity index (χ1v) is 3.02. The molecule has 0 aliphatic rings. The molecule has 0 aliphatic heterocycles. The van der Waals surface area contributed by atoms with Crippen LogP contribution in [0.15, 0.2) is 5.11 Å². The largest absolute Gasteiger partial charge is 0.477 e. The molecule has 0 aliphatic carbocycles. The van der Waals surface area contributed by atoms with Gasteiger partial charge in [-0.25, -0.2) is 4.79 Å². The van der Waals surface area contributed by atoms with E-state index in [1.54, 1.807) is 0 Å². The first kappa shape index (κ1) is 10.4. The van der Waals surface area contributed by atoms with E-state index in [-0.39, 0.29) is 6.42 Å². The Labute approximate surface area is 67.1 Å². The number of carboxylic acid groups (broad SMARTS) is 1. The maximum Gasteiger partial charge on any atom is 0.349 e. The monoisotopic (exact) mass is 174 g/mol. The van der Waals surface area contributed by atoms with Crippen LogP contribution in [-0.2, 0) is 4.79 Å². The first-order valence-electron chi connectivity index (χ1n) is 3.02. The number of nitrogens with zero attached hydrogens (tertiary/aromatic N) is 3. The van der Waals surface area contributed by atoms with Gasteiger partial charge in [0.05, 0.1) is 12.7 Å². The number of halogens is 1. The molecule has 0 saturated heterocycles. The fourth-order valence-electron chi connectivity index (χ4n) is 0.522. The van der Waals surface area contributed by atoms with Gasteiger partial charge >= 0.3 is 5.97 Å². The molecule has 0 radical (unpaired) electrons.